The van der Waals surface area contributed by atoms with Crippen molar-refractivity contribution < 1.29 is 23.0 Å². The van der Waals surface area contributed by atoms with Crippen LogP contribution in [-0.2, 0) is 4.74 Å². The van der Waals surface area contributed by atoms with Gasteiger partial charge in [0.25, 0.3) is 0 Å². The fraction of sp³-hybridized carbons (Fsp3) is 0.214. The second kappa shape index (κ2) is 6.74. The Bertz CT molecular complexity index is 771. The van der Waals surface area contributed by atoms with E-state index in [4.69, 9.17) is 26.8 Å². The maximum Gasteiger partial charge on any atom is 0.361 e. The highest BCUT2D eigenvalue weighted by atomic mass is 35.5. The van der Waals surface area contributed by atoms with Crippen LogP contribution >= 0.6 is 11.6 Å². The van der Waals surface area contributed by atoms with Crippen molar-refractivity contribution in [3.63, 3.8) is 0 Å². The standard InChI is InChI=1S/C14H12ClF2N3O3/c1-3-23-14(21)10-11(22-2)12(18)20-13(19-10)6-4-9(17)7(15)5-8(6)16/h4-5H,3H2,1-2H3,(H2,18,19,20). The molecule has 0 aliphatic heterocycles. The quantitative estimate of drug-likeness (QED) is 0.678. The highest BCUT2D eigenvalue weighted by Gasteiger charge is 2.23. The predicted octanol–water partition coefficient (Wildman–Crippen LogP) is 2.84. The van der Waals surface area contributed by atoms with E-state index in [0.717, 1.165) is 12.1 Å². The molecule has 2 rings (SSSR count). The third-order valence-electron chi connectivity index (χ3n) is 2.82. The van der Waals surface area contributed by atoms with Crippen LogP contribution in [0.25, 0.3) is 11.4 Å². The second-order valence-electron chi connectivity index (χ2n) is 4.28. The van der Waals surface area contributed by atoms with Gasteiger partial charge in [-0.15, -0.1) is 0 Å². The Labute approximate surface area is 135 Å². The number of benzene rings is 1. The molecule has 0 amide bonds. The molecule has 0 spiro atoms. The van der Waals surface area contributed by atoms with Gasteiger partial charge in [0.2, 0.25) is 0 Å². The van der Waals surface area contributed by atoms with Gasteiger partial charge in [-0.05, 0) is 19.1 Å². The molecule has 0 saturated carbocycles. The van der Waals surface area contributed by atoms with Crippen molar-refractivity contribution >= 4 is 23.4 Å². The first-order valence-corrected chi connectivity index (χ1v) is 6.80. The van der Waals surface area contributed by atoms with Crippen molar-refractivity contribution in [1.82, 2.24) is 9.97 Å². The van der Waals surface area contributed by atoms with Crippen LogP contribution < -0.4 is 10.5 Å². The molecule has 1 heterocycles. The summed E-state index contributed by atoms with van der Waals surface area (Å²) in [5.41, 5.74) is 5.11. The number of aromatic nitrogens is 2. The number of halogens is 3. The molecular weight excluding hydrogens is 332 g/mol. The van der Waals surface area contributed by atoms with Crippen LogP contribution in [0.2, 0.25) is 5.02 Å². The van der Waals surface area contributed by atoms with Gasteiger partial charge in [0.15, 0.2) is 23.1 Å². The number of rotatable bonds is 4. The molecule has 2 N–H and O–H groups in total. The zero-order chi connectivity index (χ0) is 17.1. The number of hydrogen-bond acceptors (Lipinski definition) is 6. The van der Waals surface area contributed by atoms with E-state index < -0.39 is 22.6 Å². The summed E-state index contributed by atoms with van der Waals surface area (Å²) in [7, 11) is 1.26. The average molecular weight is 344 g/mol. The molecular formula is C14H12ClF2N3O3. The molecule has 0 bridgehead atoms. The van der Waals surface area contributed by atoms with Crippen LogP contribution in [0.1, 0.15) is 17.4 Å². The van der Waals surface area contributed by atoms with Crippen LogP contribution in [0.5, 0.6) is 5.75 Å². The van der Waals surface area contributed by atoms with Gasteiger partial charge in [0.1, 0.15) is 11.6 Å². The lowest BCUT2D eigenvalue weighted by Crippen LogP contribution is -2.13. The number of ether oxygens (including phenoxy) is 2. The smallest absolute Gasteiger partial charge is 0.361 e. The summed E-state index contributed by atoms with van der Waals surface area (Å²) in [5.74, 6) is -3.17. The number of carbonyl (C=O) groups excluding carboxylic acids is 1. The molecule has 0 aliphatic carbocycles. The van der Waals surface area contributed by atoms with Gasteiger partial charge in [0.05, 0.1) is 24.3 Å². The van der Waals surface area contributed by atoms with Crippen molar-refractivity contribution in [3.8, 4) is 17.1 Å². The number of carbonyl (C=O) groups is 1. The van der Waals surface area contributed by atoms with Crippen molar-refractivity contribution in [3.05, 3.63) is 34.5 Å². The summed E-state index contributed by atoms with van der Waals surface area (Å²) in [6, 6.07) is 1.59. The Morgan fingerprint density at radius 2 is 2.00 bits per heavy atom. The van der Waals surface area contributed by atoms with Crippen molar-refractivity contribution in [2.75, 3.05) is 19.5 Å². The Morgan fingerprint density at radius 3 is 2.61 bits per heavy atom. The highest BCUT2D eigenvalue weighted by Crippen LogP contribution is 2.30. The van der Waals surface area contributed by atoms with E-state index >= 15 is 0 Å². The second-order valence-corrected chi connectivity index (χ2v) is 4.69. The van der Waals surface area contributed by atoms with Crippen LogP contribution in [0, 0.1) is 11.6 Å². The van der Waals surface area contributed by atoms with Gasteiger partial charge >= 0.3 is 5.97 Å². The van der Waals surface area contributed by atoms with Crippen molar-refractivity contribution in [2.45, 2.75) is 6.92 Å². The first-order valence-electron chi connectivity index (χ1n) is 6.42. The molecule has 122 valence electrons. The van der Waals surface area contributed by atoms with Crippen molar-refractivity contribution in [1.29, 1.82) is 0 Å². The van der Waals surface area contributed by atoms with Gasteiger partial charge in [-0.3, -0.25) is 0 Å². The van der Waals surface area contributed by atoms with E-state index in [1.54, 1.807) is 6.92 Å². The number of esters is 1. The minimum atomic E-state index is -0.865. The molecule has 23 heavy (non-hydrogen) atoms. The Kier molecular flexibility index (Phi) is 4.95. The fourth-order valence-corrected chi connectivity index (χ4v) is 1.97. The fourth-order valence-electron chi connectivity index (χ4n) is 1.82. The summed E-state index contributed by atoms with van der Waals surface area (Å²) in [6.07, 6.45) is 0. The number of hydrogen-bond donors (Lipinski definition) is 1. The molecule has 1 aromatic heterocycles. The maximum absolute atomic E-state index is 14.0. The van der Waals surface area contributed by atoms with Gasteiger partial charge in [-0.25, -0.2) is 23.5 Å². The van der Waals surface area contributed by atoms with E-state index in [-0.39, 0.29) is 35.3 Å². The first kappa shape index (κ1) is 16.9. The SMILES string of the molecule is CCOC(=O)c1nc(-c2cc(F)c(Cl)cc2F)nc(N)c1OC. The monoisotopic (exact) mass is 343 g/mol. The van der Waals surface area contributed by atoms with Gasteiger partial charge in [-0.2, -0.15) is 0 Å². The van der Waals surface area contributed by atoms with Gasteiger partial charge < -0.3 is 15.2 Å². The Hall–Kier alpha value is -2.48. The summed E-state index contributed by atoms with van der Waals surface area (Å²) in [6.45, 7) is 1.69. The molecule has 6 nitrogen and oxygen atoms in total. The Balaban J connectivity index is 2.65. The summed E-state index contributed by atoms with van der Waals surface area (Å²) in [5, 5.41) is -0.390. The maximum atomic E-state index is 14.0. The first-order chi connectivity index (χ1) is 10.9. The third-order valence-corrected chi connectivity index (χ3v) is 3.11. The lowest BCUT2D eigenvalue weighted by atomic mass is 10.2. The van der Waals surface area contributed by atoms with Crippen LogP contribution in [0.4, 0.5) is 14.6 Å². The van der Waals surface area contributed by atoms with Crippen LogP contribution in [-0.4, -0.2) is 29.7 Å². The zero-order valence-corrected chi connectivity index (χ0v) is 12.9. The van der Waals surface area contributed by atoms with E-state index in [2.05, 4.69) is 9.97 Å². The molecule has 2 aromatic rings. The lowest BCUT2D eigenvalue weighted by molar-refractivity contribution is 0.0515. The summed E-state index contributed by atoms with van der Waals surface area (Å²) in [4.78, 5) is 19.6. The van der Waals surface area contributed by atoms with Gasteiger partial charge in [0, 0.05) is 0 Å². The molecule has 9 heteroatoms. The Morgan fingerprint density at radius 1 is 1.30 bits per heavy atom. The number of anilines is 1. The van der Waals surface area contributed by atoms with E-state index in [0.29, 0.717) is 0 Å². The summed E-state index contributed by atoms with van der Waals surface area (Å²) >= 11 is 5.50. The largest absolute Gasteiger partial charge is 0.491 e. The molecule has 0 saturated heterocycles. The molecule has 0 unspecified atom stereocenters. The van der Waals surface area contributed by atoms with E-state index in [1.165, 1.54) is 7.11 Å². The molecule has 0 radical (unpaired) electrons. The zero-order valence-electron chi connectivity index (χ0n) is 12.2. The minimum absolute atomic E-state index is 0.0885. The number of nitrogens with zero attached hydrogens (tertiary/aromatic N) is 2. The average Bonchev–Trinajstić information content (AvgIpc) is 2.50. The van der Waals surface area contributed by atoms with Crippen LogP contribution in [0.15, 0.2) is 12.1 Å². The molecule has 0 atom stereocenters. The third kappa shape index (κ3) is 3.31. The topological polar surface area (TPSA) is 87.3 Å². The number of nitrogen functional groups attached to an aromatic ring is 1. The predicted molar refractivity (Wildman–Crippen MR) is 79.3 cm³/mol. The van der Waals surface area contributed by atoms with Gasteiger partial charge in [-0.1, -0.05) is 11.6 Å². The minimum Gasteiger partial charge on any atom is -0.491 e. The lowest BCUT2D eigenvalue weighted by Gasteiger charge is -2.11. The summed E-state index contributed by atoms with van der Waals surface area (Å²) < 4.78 is 37.4. The molecule has 1 aromatic carbocycles. The molecule has 0 fully saturated rings. The van der Waals surface area contributed by atoms with E-state index in [9.17, 15) is 13.6 Å². The normalized spacial score (nSPS) is 10.5. The van der Waals surface area contributed by atoms with E-state index in [1.807, 2.05) is 0 Å². The van der Waals surface area contributed by atoms with Crippen LogP contribution in [0.3, 0.4) is 0 Å². The number of methoxy groups -OCH3 is 1. The molecule has 0 aliphatic rings. The van der Waals surface area contributed by atoms with Crippen molar-refractivity contribution in [2.24, 2.45) is 0 Å². The highest BCUT2D eigenvalue weighted by molar-refractivity contribution is 6.30. The number of nitrogens with two attached hydrogens (primary N) is 1.